The Balaban J connectivity index is 1.83. The van der Waals surface area contributed by atoms with E-state index in [2.05, 4.69) is 34.2 Å². The molecular formula is C19H18N4OS2. The van der Waals surface area contributed by atoms with E-state index in [9.17, 15) is 4.79 Å². The smallest absolute Gasteiger partial charge is 0.232 e. The van der Waals surface area contributed by atoms with Crippen LogP contribution in [-0.2, 0) is 4.79 Å². The number of amides is 1. The van der Waals surface area contributed by atoms with Crippen molar-refractivity contribution in [3.05, 3.63) is 42.2 Å². The Morgan fingerprint density at radius 3 is 2.81 bits per heavy atom. The van der Waals surface area contributed by atoms with Gasteiger partial charge in [-0.05, 0) is 18.6 Å². The van der Waals surface area contributed by atoms with Gasteiger partial charge in [0.25, 0.3) is 0 Å². The zero-order chi connectivity index (χ0) is 18.5. The highest BCUT2D eigenvalue weighted by molar-refractivity contribution is 8.00. The Morgan fingerprint density at radius 2 is 2.08 bits per heavy atom. The highest BCUT2D eigenvalue weighted by atomic mass is 32.2. The number of hydrogen-bond donors (Lipinski definition) is 0. The molecular weight excluding hydrogens is 364 g/mol. The van der Waals surface area contributed by atoms with Crippen LogP contribution >= 0.6 is 23.1 Å². The normalized spacial score (nSPS) is 10.7. The lowest BCUT2D eigenvalue weighted by Crippen LogP contribution is -2.29. The first-order valence-electron chi connectivity index (χ1n) is 8.16. The van der Waals surface area contributed by atoms with Crippen molar-refractivity contribution in [1.82, 2.24) is 14.9 Å². The standard InChI is InChI=1S/C19H18N4OS2/c1-13-21-18(25-12-17(24)23(2)10-6-9-20)15-11-16(26-19(15)22-13)14-7-4-3-5-8-14/h3-5,7-8,11H,6,10,12H2,1-2H3. The monoisotopic (exact) mass is 382 g/mol. The van der Waals surface area contributed by atoms with E-state index in [1.165, 1.54) is 11.8 Å². The summed E-state index contributed by atoms with van der Waals surface area (Å²) in [6, 6.07) is 14.3. The summed E-state index contributed by atoms with van der Waals surface area (Å²) in [5, 5.41) is 10.5. The molecule has 0 unspecified atom stereocenters. The minimum absolute atomic E-state index is 0.00632. The Hall–Kier alpha value is -2.43. The molecule has 0 fully saturated rings. The fourth-order valence-electron chi connectivity index (χ4n) is 2.43. The number of thioether (sulfide) groups is 1. The topological polar surface area (TPSA) is 69.9 Å². The summed E-state index contributed by atoms with van der Waals surface area (Å²) in [5.41, 5.74) is 1.15. The Kier molecular flexibility index (Phi) is 5.86. The molecule has 3 rings (SSSR count). The fraction of sp³-hybridized carbons (Fsp3) is 0.263. The van der Waals surface area contributed by atoms with Gasteiger partial charge in [0.2, 0.25) is 5.91 Å². The molecule has 0 radical (unpaired) electrons. The summed E-state index contributed by atoms with van der Waals surface area (Å²) in [4.78, 5) is 25.0. The SMILES string of the molecule is Cc1nc(SCC(=O)N(C)CCC#N)c2cc(-c3ccccc3)sc2n1. The molecule has 0 aliphatic heterocycles. The molecule has 0 atom stereocenters. The number of nitrogens with zero attached hydrogens (tertiary/aromatic N) is 4. The van der Waals surface area contributed by atoms with Gasteiger partial charge in [-0.3, -0.25) is 4.79 Å². The largest absolute Gasteiger partial charge is 0.344 e. The molecule has 1 aromatic carbocycles. The van der Waals surface area contributed by atoms with Crippen molar-refractivity contribution in [2.75, 3.05) is 19.3 Å². The maximum absolute atomic E-state index is 12.2. The van der Waals surface area contributed by atoms with E-state index in [0.29, 0.717) is 24.5 Å². The van der Waals surface area contributed by atoms with Crippen molar-refractivity contribution in [2.24, 2.45) is 0 Å². The van der Waals surface area contributed by atoms with E-state index in [4.69, 9.17) is 5.26 Å². The molecule has 26 heavy (non-hydrogen) atoms. The van der Waals surface area contributed by atoms with Crippen molar-refractivity contribution in [1.29, 1.82) is 5.26 Å². The van der Waals surface area contributed by atoms with Crippen LogP contribution in [0.25, 0.3) is 20.7 Å². The van der Waals surface area contributed by atoms with Crippen molar-refractivity contribution in [3.63, 3.8) is 0 Å². The summed E-state index contributed by atoms with van der Waals surface area (Å²) in [5.74, 6) is 0.990. The number of carbonyl (C=O) groups is 1. The van der Waals surface area contributed by atoms with Crippen molar-refractivity contribution in [2.45, 2.75) is 18.4 Å². The predicted octanol–water partition coefficient (Wildman–Crippen LogP) is 4.13. The first-order valence-corrected chi connectivity index (χ1v) is 9.96. The van der Waals surface area contributed by atoms with E-state index in [-0.39, 0.29) is 5.91 Å². The maximum atomic E-state index is 12.2. The minimum Gasteiger partial charge on any atom is -0.344 e. The Morgan fingerprint density at radius 1 is 1.31 bits per heavy atom. The van der Waals surface area contributed by atoms with Gasteiger partial charge in [0, 0.05) is 23.9 Å². The van der Waals surface area contributed by atoms with Gasteiger partial charge in [0.15, 0.2) is 0 Å². The number of fused-ring (bicyclic) bond motifs is 1. The quantitative estimate of drug-likeness (QED) is 0.473. The number of aryl methyl sites for hydroxylation is 1. The molecule has 1 amide bonds. The fourth-order valence-corrected chi connectivity index (χ4v) is 4.57. The third-order valence-electron chi connectivity index (χ3n) is 3.85. The Bertz CT molecular complexity index is 963. The predicted molar refractivity (Wildman–Crippen MR) is 106 cm³/mol. The summed E-state index contributed by atoms with van der Waals surface area (Å²) in [7, 11) is 1.72. The molecule has 0 bridgehead atoms. The van der Waals surface area contributed by atoms with Crippen LogP contribution in [0.15, 0.2) is 41.4 Å². The highest BCUT2D eigenvalue weighted by Crippen LogP contribution is 2.36. The molecule has 2 heterocycles. The lowest BCUT2D eigenvalue weighted by atomic mass is 10.2. The number of rotatable bonds is 6. The first-order chi connectivity index (χ1) is 12.6. The van der Waals surface area contributed by atoms with Crippen LogP contribution in [0.5, 0.6) is 0 Å². The number of hydrogen-bond acceptors (Lipinski definition) is 6. The van der Waals surface area contributed by atoms with Crippen LogP contribution in [0.2, 0.25) is 0 Å². The number of benzene rings is 1. The third-order valence-corrected chi connectivity index (χ3v) is 5.90. The molecule has 5 nitrogen and oxygen atoms in total. The van der Waals surface area contributed by atoms with Crippen molar-refractivity contribution in [3.8, 4) is 16.5 Å². The maximum Gasteiger partial charge on any atom is 0.232 e. The molecule has 0 spiro atoms. The minimum atomic E-state index is -0.00632. The van der Waals surface area contributed by atoms with Gasteiger partial charge in [0.1, 0.15) is 15.7 Å². The lowest BCUT2D eigenvalue weighted by molar-refractivity contribution is -0.127. The van der Waals surface area contributed by atoms with Gasteiger partial charge >= 0.3 is 0 Å². The molecule has 3 aromatic rings. The average Bonchev–Trinajstić information content (AvgIpc) is 3.08. The van der Waals surface area contributed by atoms with Gasteiger partial charge in [-0.2, -0.15) is 5.26 Å². The van der Waals surface area contributed by atoms with E-state index < -0.39 is 0 Å². The highest BCUT2D eigenvalue weighted by Gasteiger charge is 2.15. The molecule has 0 aliphatic rings. The number of thiophene rings is 1. The molecule has 0 aliphatic carbocycles. The second-order valence-electron chi connectivity index (χ2n) is 5.78. The van der Waals surface area contributed by atoms with Gasteiger partial charge < -0.3 is 4.90 Å². The van der Waals surface area contributed by atoms with Crippen LogP contribution < -0.4 is 0 Å². The molecule has 7 heteroatoms. The summed E-state index contributed by atoms with van der Waals surface area (Å²) in [6.07, 6.45) is 0.342. The van der Waals surface area contributed by atoms with E-state index in [0.717, 1.165) is 25.7 Å². The molecule has 132 valence electrons. The van der Waals surface area contributed by atoms with E-state index >= 15 is 0 Å². The summed E-state index contributed by atoms with van der Waals surface area (Å²) in [6.45, 7) is 2.32. The first kappa shape index (κ1) is 18.4. The van der Waals surface area contributed by atoms with Gasteiger partial charge in [-0.15, -0.1) is 11.3 Å². The summed E-state index contributed by atoms with van der Waals surface area (Å²) < 4.78 is 0. The zero-order valence-electron chi connectivity index (χ0n) is 14.6. The zero-order valence-corrected chi connectivity index (χ0v) is 16.2. The molecule has 0 saturated carbocycles. The lowest BCUT2D eigenvalue weighted by Gasteiger charge is -2.14. The van der Waals surface area contributed by atoms with Gasteiger partial charge in [-0.1, -0.05) is 42.1 Å². The van der Waals surface area contributed by atoms with Crippen LogP contribution in [0.1, 0.15) is 12.2 Å². The van der Waals surface area contributed by atoms with Crippen LogP contribution in [-0.4, -0.2) is 40.1 Å². The number of nitriles is 1. The van der Waals surface area contributed by atoms with Crippen LogP contribution in [0.4, 0.5) is 0 Å². The van der Waals surface area contributed by atoms with E-state index in [1.54, 1.807) is 23.3 Å². The Labute approximate surface area is 160 Å². The second-order valence-corrected chi connectivity index (χ2v) is 7.78. The summed E-state index contributed by atoms with van der Waals surface area (Å²) >= 11 is 3.06. The van der Waals surface area contributed by atoms with E-state index in [1.807, 2.05) is 25.1 Å². The second kappa shape index (κ2) is 8.30. The van der Waals surface area contributed by atoms with Crippen molar-refractivity contribution < 1.29 is 4.79 Å². The van der Waals surface area contributed by atoms with Crippen LogP contribution in [0.3, 0.4) is 0 Å². The third kappa shape index (κ3) is 4.21. The van der Waals surface area contributed by atoms with Crippen molar-refractivity contribution >= 4 is 39.2 Å². The molecule has 2 aromatic heterocycles. The molecule has 0 N–H and O–H groups in total. The van der Waals surface area contributed by atoms with Gasteiger partial charge in [0.05, 0.1) is 18.2 Å². The number of aromatic nitrogens is 2. The van der Waals surface area contributed by atoms with Gasteiger partial charge in [-0.25, -0.2) is 9.97 Å². The molecule has 0 saturated heterocycles. The number of carbonyl (C=O) groups excluding carboxylic acids is 1. The van der Waals surface area contributed by atoms with Crippen LogP contribution in [0, 0.1) is 18.3 Å². The average molecular weight is 383 g/mol.